The summed E-state index contributed by atoms with van der Waals surface area (Å²) < 4.78 is 0.923. The molecule has 0 spiro atoms. The van der Waals surface area contributed by atoms with Crippen LogP contribution in [-0.2, 0) is 0 Å². The molecular formula is C12H17NO2S2. The zero-order valence-corrected chi connectivity index (χ0v) is 11.6. The van der Waals surface area contributed by atoms with Crippen molar-refractivity contribution in [1.82, 2.24) is 4.98 Å². The second-order valence-electron chi connectivity index (χ2n) is 4.43. The molecule has 1 heterocycles. The van der Waals surface area contributed by atoms with Gasteiger partial charge in [0.25, 0.3) is 0 Å². The van der Waals surface area contributed by atoms with Gasteiger partial charge in [-0.2, -0.15) is 0 Å². The smallest absolute Gasteiger partial charge is 0.347 e. The first kappa shape index (κ1) is 12.9. The molecule has 0 atom stereocenters. The molecule has 0 bridgehead atoms. The molecule has 0 aromatic carbocycles. The number of aromatic carboxylic acids is 1. The Morgan fingerprint density at radius 1 is 1.35 bits per heavy atom. The molecule has 2 rings (SSSR count). The second kappa shape index (κ2) is 5.87. The quantitative estimate of drug-likeness (QED) is 0.845. The minimum absolute atomic E-state index is 0.390. The SMILES string of the molecule is Cc1nc(SC2CCCCCC2)sc1C(=O)O. The van der Waals surface area contributed by atoms with E-state index in [9.17, 15) is 4.79 Å². The lowest BCUT2D eigenvalue weighted by Gasteiger charge is -2.10. The molecule has 0 aliphatic heterocycles. The maximum atomic E-state index is 10.9. The number of hydrogen-bond acceptors (Lipinski definition) is 4. The van der Waals surface area contributed by atoms with Gasteiger partial charge in [0.2, 0.25) is 0 Å². The maximum absolute atomic E-state index is 10.9. The molecule has 5 heteroatoms. The molecule has 3 nitrogen and oxygen atoms in total. The van der Waals surface area contributed by atoms with E-state index >= 15 is 0 Å². The lowest BCUT2D eigenvalue weighted by atomic mass is 10.2. The Kier molecular flexibility index (Phi) is 4.45. The van der Waals surface area contributed by atoms with Crippen LogP contribution in [0.5, 0.6) is 0 Å². The minimum Gasteiger partial charge on any atom is -0.477 e. The number of carboxylic acids is 1. The fourth-order valence-corrected chi connectivity index (χ4v) is 4.66. The van der Waals surface area contributed by atoms with Crippen molar-refractivity contribution in [3.8, 4) is 0 Å². The van der Waals surface area contributed by atoms with Crippen LogP contribution >= 0.6 is 23.1 Å². The highest BCUT2D eigenvalue weighted by Gasteiger charge is 2.19. The van der Waals surface area contributed by atoms with Gasteiger partial charge in [0.05, 0.1) is 5.69 Å². The van der Waals surface area contributed by atoms with Crippen molar-refractivity contribution < 1.29 is 9.90 Å². The fraction of sp³-hybridized carbons (Fsp3) is 0.667. The van der Waals surface area contributed by atoms with Crippen molar-refractivity contribution in [3.05, 3.63) is 10.6 Å². The van der Waals surface area contributed by atoms with Crippen LogP contribution in [-0.4, -0.2) is 21.3 Å². The van der Waals surface area contributed by atoms with E-state index in [1.807, 2.05) is 0 Å². The second-order valence-corrected chi connectivity index (χ2v) is 6.98. The first-order valence-corrected chi connectivity index (χ1v) is 7.74. The molecular weight excluding hydrogens is 254 g/mol. The van der Waals surface area contributed by atoms with Gasteiger partial charge in [0, 0.05) is 5.25 Å². The van der Waals surface area contributed by atoms with Gasteiger partial charge in [0.1, 0.15) is 4.88 Å². The topological polar surface area (TPSA) is 50.2 Å². The summed E-state index contributed by atoms with van der Waals surface area (Å²) in [5, 5.41) is 9.62. The van der Waals surface area contributed by atoms with Crippen LogP contribution in [0, 0.1) is 6.92 Å². The van der Waals surface area contributed by atoms with Crippen molar-refractivity contribution in [2.45, 2.75) is 55.0 Å². The number of aromatic nitrogens is 1. The summed E-state index contributed by atoms with van der Waals surface area (Å²) >= 11 is 3.09. The van der Waals surface area contributed by atoms with Crippen LogP contribution in [0.15, 0.2) is 4.34 Å². The van der Waals surface area contributed by atoms with Gasteiger partial charge >= 0.3 is 5.97 Å². The van der Waals surface area contributed by atoms with E-state index in [0.717, 1.165) is 4.34 Å². The number of hydrogen-bond donors (Lipinski definition) is 1. The van der Waals surface area contributed by atoms with Gasteiger partial charge in [-0.3, -0.25) is 0 Å². The lowest BCUT2D eigenvalue weighted by Crippen LogP contribution is -1.99. The summed E-state index contributed by atoms with van der Waals surface area (Å²) in [6.45, 7) is 1.77. The summed E-state index contributed by atoms with van der Waals surface area (Å²) in [4.78, 5) is 15.7. The van der Waals surface area contributed by atoms with E-state index in [-0.39, 0.29) is 0 Å². The van der Waals surface area contributed by atoms with Crippen LogP contribution in [0.4, 0.5) is 0 Å². The molecule has 1 aromatic rings. The molecule has 1 aromatic heterocycles. The first-order chi connectivity index (χ1) is 8.16. The van der Waals surface area contributed by atoms with Gasteiger partial charge in [-0.15, -0.1) is 11.3 Å². The average Bonchev–Trinajstić information content (AvgIpc) is 2.50. The van der Waals surface area contributed by atoms with Crippen molar-refractivity contribution in [1.29, 1.82) is 0 Å². The molecule has 1 aliphatic carbocycles. The third-order valence-electron chi connectivity index (χ3n) is 3.04. The number of rotatable bonds is 3. The Balaban J connectivity index is 2.02. The van der Waals surface area contributed by atoms with Crippen LogP contribution in [0.1, 0.15) is 53.9 Å². The molecule has 94 valence electrons. The molecule has 1 fully saturated rings. The predicted octanol–water partition coefficient (Wildman–Crippen LogP) is 3.96. The third kappa shape index (κ3) is 3.45. The molecule has 1 saturated carbocycles. The Hall–Kier alpha value is -0.550. The van der Waals surface area contributed by atoms with E-state index in [1.165, 1.54) is 49.9 Å². The zero-order valence-electron chi connectivity index (χ0n) is 9.94. The van der Waals surface area contributed by atoms with Crippen LogP contribution in [0.2, 0.25) is 0 Å². The van der Waals surface area contributed by atoms with Crippen molar-refractivity contribution in [3.63, 3.8) is 0 Å². The van der Waals surface area contributed by atoms with E-state index in [2.05, 4.69) is 4.98 Å². The molecule has 1 N–H and O–H groups in total. The largest absolute Gasteiger partial charge is 0.477 e. The number of thiazole rings is 1. The monoisotopic (exact) mass is 271 g/mol. The van der Waals surface area contributed by atoms with Crippen molar-refractivity contribution >= 4 is 29.1 Å². The lowest BCUT2D eigenvalue weighted by molar-refractivity contribution is 0.0701. The van der Waals surface area contributed by atoms with Crippen molar-refractivity contribution in [2.75, 3.05) is 0 Å². The minimum atomic E-state index is -0.854. The number of aryl methyl sites for hydroxylation is 1. The van der Waals surface area contributed by atoms with Gasteiger partial charge in [-0.05, 0) is 19.8 Å². The Labute approximate surface area is 110 Å². The average molecular weight is 271 g/mol. The standard InChI is InChI=1S/C12H17NO2S2/c1-8-10(11(14)15)17-12(13-8)16-9-6-4-2-3-5-7-9/h9H,2-7H2,1H3,(H,14,15). The van der Waals surface area contributed by atoms with E-state index in [0.29, 0.717) is 15.8 Å². The van der Waals surface area contributed by atoms with Gasteiger partial charge < -0.3 is 5.11 Å². The number of carbonyl (C=O) groups is 1. The molecule has 0 radical (unpaired) electrons. The van der Waals surface area contributed by atoms with Crippen LogP contribution in [0.3, 0.4) is 0 Å². The summed E-state index contributed by atoms with van der Waals surface area (Å²) in [6, 6.07) is 0. The highest BCUT2D eigenvalue weighted by molar-refractivity contribution is 8.01. The van der Waals surface area contributed by atoms with E-state index < -0.39 is 5.97 Å². The number of carboxylic acid groups (broad SMARTS) is 1. The maximum Gasteiger partial charge on any atom is 0.347 e. The van der Waals surface area contributed by atoms with Gasteiger partial charge in [-0.25, -0.2) is 9.78 Å². The Morgan fingerprint density at radius 2 is 2.00 bits per heavy atom. The zero-order chi connectivity index (χ0) is 12.3. The fourth-order valence-electron chi connectivity index (χ4n) is 2.12. The van der Waals surface area contributed by atoms with Gasteiger partial charge in [0.15, 0.2) is 4.34 Å². The Bertz CT molecular complexity index is 395. The number of thioether (sulfide) groups is 1. The molecule has 0 saturated heterocycles. The highest BCUT2D eigenvalue weighted by atomic mass is 32.2. The summed E-state index contributed by atoms with van der Waals surface area (Å²) in [6.07, 6.45) is 7.77. The molecule has 0 unspecified atom stereocenters. The van der Waals surface area contributed by atoms with E-state index in [1.54, 1.807) is 18.7 Å². The van der Waals surface area contributed by atoms with Gasteiger partial charge in [-0.1, -0.05) is 37.4 Å². The summed E-state index contributed by atoms with van der Waals surface area (Å²) in [5.41, 5.74) is 0.652. The normalized spacial score (nSPS) is 17.9. The van der Waals surface area contributed by atoms with Crippen LogP contribution in [0.25, 0.3) is 0 Å². The summed E-state index contributed by atoms with van der Waals surface area (Å²) in [7, 11) is 0. The molecule has 17 heavy (non-hydrogen) atoms. The number of nitrogens with zero attached hydrogens (tertiary/aromatic N) is 1. The van der Waals surface area contributed by atoms with E-state index in [4.69, 9.17) is 5.11 Å². The Morgan fingerprint density at radius 3 is 2.53 bits per heavy atom. The van der Waals surface area contributed by atoms with Crippen molar-refractivity contribution in [2.24, 2.45) is 0 Å². The third-order valence-corrected chi connectivity index (χ3v) is 5.62. The molecule has 1 aliphatic rings. The highest BCUT2D eigenvalue weighted by Crippen LogP contribution is 2.35. The summed E-state index contributed by atoms with van der Waals surface area (Å²) in [5.74, 6) is -0.854. The first-order valence-electron chi connectivity index (χ1n) is 6.04. The predicted molar refractivity (Wildman–Crippen MR) is 71.2 cm³/mol. The van der Waals surface area contributed by atoms with Crippen LogP contribution < -0.4 is 0 Å². The molecule has 0 amide bonds.